The van der Waals surface area contributed by atoms with Gasteiger partial charge in [0.1, 0.15) is 0 Å². The molecule has 4 rings (SSSR count). The van der Waals surface area contributed by atoms with Crippen LogP contribution in [0.5, 0.6) is 0 Å². The zero-order valence-corrected chi connectivity index (χ0v) is 15.5. The summed E-state index contributed by atoms with van der Waals surface area (Å²) in [5.74, 6) is 0. The predicted molar refractivity (Wildman–Crippen MR) is 111 cm³/mol. The van der Waals surface area contributed by atoms with Crippen LogP contribution in [0.15, 0.2) is 84.9 Å². The molecule has 0 saturated carbocycles. The molecule has 0 aliphatic heterocycles. The molecule has 1 heteroatoms. The molecule has 0 fully saturated rings. The first-order chi connectivity index (χ1) is 12.5. The number of aromatic nitrogens is 1. The lowest BCUT2D eigenvalue weighted by Gasteiger charge is -2.20. The molecular formula is C25H23N. The molecule has 0 N–H and O–H groups in total. The third-order valence-electron chi connectivity index (χ3n) is 4.81. The van der Waals surface area contributed by atoms with Crippen LogP contribution in [0.2, 0.25) is 0 Å². The molecule has 0 spiro atoms. The normalized spacial score (nSPS) is 11.7. The minimum Gasteiger partial charge on any atom is -0.247 e. The number of fused-ring (bicyclic) bond motifs is 1. The number of hydrogen-bond donors (Lipinski definition) is 0. The average Bonchev–Trinajstić information content (AvgIpc) is 2.67. The van der Waals surface area contributed by atoms with Gasteiger partial charge in [0.05, 0.1) is 11.2 Å². The van der Waals surface area contributed by atoms with Crippen LogP contribution in [-0.2, 0) is 5.41 Å². The SMILES string of the molecule is CC(C)(C)c1ccc2nc(-c3ccccc3)c(-c3ccccc3)cc2c1. The summed E-state index contributed by atoms with van der Waals surface area (Å²) in [5, 5.41) is 1.19. The van der Waals surface area contributed by atoms with Crippen LogP contribution >= 0.6 is 0 Å². The summed E-state index contributed by atoms with van der Waals surface area (Å²) in [6.07, 6.45) is 0. The second-order valence-electron chi connectivity index (χ2n) is 7.77. The molecule has 26 heavy (non-hydrogen) atoms. The zero-order valence-electron chi connectivity index (χ0n) is 15.5. The monoisotopic (exact) mass is 337 g/mol. The fraction of sp³-hybridized carbons (Fsp3) is 0.160. The summed E-state index contributed by atoms with van der Waals surface area (Å²) in [7, 11) is 0. The summed E-state index contributed by atoms with van der Waals surface area (Å²) in [6.45, 7) is 6.74. The van der Waals surface area contributed by atoms with Gasteiger partial charge in [-0.05, 0) is 34.7 Å². The van der Waals surface area contributed by atoms with Gasteiger partial charge in [-0.15, -0.1) is 0 Å². The molecule has 0 saturated heterocycles. The third kappa shape index (κ3) is 3.13. The van der Waals surface area contributed by atoms with E-state index in [9.17, 15) is 0 Å². The lowest BCUT2D eigenvalue weighted by Crippen LogP contribution is -2.10. The Kier molecular flexibility index (Phi) is 4.08. The largest absolute Gasteiger partial charge is 0.247 e. The van der Waals surface area contributed by atoms with Crippen molar-refractivity contribution in [3.8, 4) is 22.4 Å². The number of rotatable bonds is 2. The number of benzene rings is 3. The average molecular weight is 337 g/mol. The van der Waals surface area contributed by atoms with Crippen molar-refractivity contribution < 1.29 is 0 Å². The highest BCUT2D eigenvalue weighted by Crippen LogP contribution is 2.34. The van der Waals surface area contributed by atoms with Crippen molar-refractivity contribution >= 4 is 10.9 Å². The van der Waals surface area contributed by atoms with Crippen molar-refractivity contribution in [2.45, 2.75) is 26.2 Å². The first-order valence-corrected chi connectivity index (χ1v) is 9.08. The number of hydrogen-bond acceptors (Lipinski definition) is 1. The summed E-state index contributed by atoms with van der Waals surface area (Å²) in [6, 6.07) is 29.9. The van der Waals surface area contributed by atoms with E-state index in [1.54, 1.807) is 0 Å². The van der Waals surface area contributed by atoms with Gasteiger partial charge in [0.15, 0.2) is 0 Å². The highest BCUT2D eigenvalue weighted by atomic mass is 14.7. The summed E-state index contributed by atoms with van der Waals surface area (Å²) >= 11 is 0. The van der Waals surface area contributed by atoms with Crippen LogP contribution in [0.25, 0.3) is 33.3 Å². The van der Waals surface area contributed by atoms with Crippen LogP contribution < -0.4 is 0 Å². The first kappa shape index (κ1) is 16.5. The molecule has 3 aromatic carbocycles. The topological polar surface area (TPSA) is 12.9 Å². The maximum Gasteiger partial charge on any atom is 0.0788 e. The predicted octanol–water partition coefficient (Wildman–Crippen LogP) is 6.87. The molecule has 128 valence electrons. The highest BCUT2D eigenvalue weighted by molar-refractivity contribution is 5.92. The first-order valence-electron chi connectivity index (χ1n) is 9.08. The van der Waals surface area contributed by atoms with E-state index in [-0.39, 0.29) is 5.41 Å². The van der Waals surface area contributed by atoms with Crippen molar-refractivity contribution in [2.24, 2.45) is 0 Å². The van der Waals surface area contributed by atoms with Gasteiger partial charge >= 0.3 is 0 Å². The second kappa shape index (κ2) is 6.42. The maximum absolute atomic E-state index is 5.04. The van der Waals surface area contributed by atoms with Gasteiger partial charge in [-0.25, -0.2) is 4.98 Å². The van der Waals surface area contributed by atoms with Gasteiger partial charge in [-0.2, -0.15) is 0 Å². The molecule has 0 aliphatic carbocycles. The van der Waals surface area contributed by atoms with Crippen molar-refractivity contribution in [1.29, 1.82) is 0 Å². The van der Waals surface area contributed by atoms with E-state index < -0.39 is 0 Å². The number of nitrogens with zero attached hydrogens (tertiary/aromatic N) is 1. The Balaban J connectivity index is 2.00. The van der Waals surface area contributed by atoms with Crippen molar-refractivity contribution in [3.63, 3.8) is 0 Å². The van der Waals surface area contributed by atoms with E-state index >= 15 is 0 Å². The Morgan fingerprint density at radius 3 is 1.88 bits per heavy atom. The quantitative estimate of drug-likeness (QED) is 0.389. The molecule has 1 nitrogen and oxygen atoms in total. The van der Waals surface area contributed by atoms with Gasteiger partial charge in [-0.1, -0.05) is 87.5 Å². The minimum atomic E-state index is 0.124. The summed E-state index contributed by atoms with van der Waals surface area (Å²) in [5.41, 5.74) is 7.05. The van der Waals surface area contributed by atoms with Gasteiger partial charge in [0, 0.05) is 16.5 Å². The molecule has 1 heterocycles. The number of pyridine rings is 1. The Labute approximate surface area is 155 Å². The Morgan fingerprint density at radius 2 is 1.27 bits per heavy atom. The van der Waals surface area contributed by atoms with Crippen LogP contribution in [0, 0.1) is 0 Å². The molecule has 0 atom stereocenters. The molecule has 1 aromatic heterocycles. The van der Waals surface area contributed by atoms with E-state index in [4.69, 9.17) is 4.98 Å². The van der Waals surface area contributed by atoms with Crippen LogP contribution in [0.4, 0.5) is 0 Å². The lowest BCUT2D eigenvalue weighted by atomic mass is 9.86. The van der Waals surface area contributed by atoms with Crippen LogP contribution in [0.3, 0.4) is 0 Å². The Hall–Kier alpha value is -2.93. The van der Waals surface area contributed by atoms with Crippen molar-refractivity contribution in [3.05, 3.63) is 90.5 Å². The van der Waals surface area contributed by atoms with Crippen molar-refractivity contribution in [2.75, 3.05) is 0 Å². The van der Waals surface area contributed by atoms with Gasteiger partial charge in [0.25, 0.3) is 0 Å². The van der Waals surface area contributed by atoms with Crippen molar-refractivity contribution in [1.82, 2.24) is 4.98 Å². The fourth-order valence-electron chi connectivity index (χ4n) is 3.30. The second-order valence-corrected chi connectivity index (χ2v) is 7.77. The standard InChI is InChI=1S/C25H23N/c1-25(2,3)21-14-15-23-20(16-21)17-22(18-10-6-4-7-11-18)24(26-23)19-12-8-5-9-13-19/h4-17H,1-3H3. The minimum absolute atomic E-state index is 0.124. The van der Waals surface area contributed by atoms with E-state index in [0.717, 1.165) is 16.8 Å². The molecule has 0 aliphatic rings. The summed E-state index contributed by atoms with van der Waals surface area (Å²) in [4.78, 5) is 5.04. The molecule has 0 amide bonds. The van der Waals surface area contributed by atoms with Gasteiger partial charge < -0.3 is 0 Å². The summed E-state index contributed by atoms with van der Waals surface area (Å²) < 4.78 is 0. The molecule has 0 unspecified atom stereocenters. The van der Waals surface area contributed by atoms with E-state index in [1.807, 2.05) is 6.07 Å². The smallest absolute Gasteiger partial charge is 0.0788 e. The zero-order chi connectivity index (χ0) is 18.1. The van der Waals surface area contributed by atoms with Crippen LogP contribution in [-0.4, -0.2) is 4.98 Å². The molecule has 0 radical (unpaired) electrons. The third-order valence-corrected chi connectivity index (χ3v) is 4.81. The van der Waals surface area contributed by atoms with Gasteiger partial charge in [0.2, 0.25) is 0 Å². The van der Waals surface area contributed by atoms with E-state index in [1.165, 1.54) is 22.1 Å². The van der Waals surface area contributed by atoms with Gasteiger partial charge in [-0.3, -0.25) is 0 Å². The Bertz CT molecular complexity index is 1040. The maximum atomic E-state index is 5.04. The molecule has 0 bridgehead atoms. The highest BCUT2D eigenvalue weighted by Gasteiger charge is 2.16. The fourth-order valence-corrected chi connectivity index (χ4v) is 3.30. The molecular weight excluding hydrogens is 314 g/mol. The Morgan fingerprint density at radius 1 is 0.654 bits per heavy atom. The van der Waals surface area contributed by atoms with E-state index in [0.29, 0.717) is 0 Å². The van der Waals surface area contributed by atoms with Crippen LogP contribution in [0.1, 0.15) is 26.3 Å². The molecule has 4 aromatic rings. The lowest BCUT2D eigenvalue weighted by molar-refractivity contribution is 0.591. The van der Waals surface area contributed by atoms with E-state index in [2.05, 4.69) is 99.6 Å².